The normalized spacial score (nSPS) is 16.4. The molecule has 0 aliphatic heterocycles. The van der Waals surface area contributed by atoms with Crippen LogP contribution in [0.5, 0.6) is 0 Å². The average Bonchev–Trinajstić information content (AvgIpc) is 2.99. The van der Waals surface area contributed by atoms with Crippen molar-refractivity contribution in [1.82, 2.24) is 15.1 Å². The molecular formula is C21H22ClN3O. The number of hydrogen-bond acceptors (Lipinski definition) is 2. The van der Waals surface area contributed by atoms with E-state index < -0.39 is 0 Å². The van der Waals surface area contributed by atoms with E-state index in [2.05, 4.69) is 34.7 Å². The van der Waals surface area contributed by atoms with Gasteiger partial charge < -0.3 is 5.32 Å². The zero-order valence-corrected chi connectivity index (χ0v) is 15.3. The number of halogens is 1. The fourth-order valence-electron chi connectivity index (χ4n) is 3.64. The molecule has 5 heteroatoms. The number of benzene rings is 2. The van der Waals surface area contributed by atoms with Crippen molar-refractivity contribution >= 4 is 11.6 Å². The topological polar surface area (TPSA) is 49.8 Å². The molecule has 0 fully saturated rings. The highest BCUT2D eigenvalue weighted by molar-refractivity contribution is 6.32. The quantitative estimate of drug-likeness (QED) is 0.725. The third-order valence-corrected chi connectivity index (χ3v) is 5.37. The highest BCUT2D eigenvalue weighted by Gasteiger charge is 2.24. The Bertz CT molecular complexity index is 945. The lowest BCUT2D eigenvalue weighted by Crippen LogP contribution is -2.37. The lowest BCUT2D eigenvalue weighted by molar-refractivity contribution is 0.458. The molecule has 1 heterocycles. The molecule has 1 aliphatic rings. The summed E-state index contributed by atoms with van der Waals surface area (Å²) < 4.78 is 1.58. The lowest BCUT2D eigenvalue weighted by atomic mass is 9.93. The Labute approximate surface area is 157 Å². The number of nitrogens with zero attached hydrogens (tertiary/aromatic N) is 1. The van der Waals surface area contributed by atoms with E-state index in [0.717, 1.165) is 43.5 Å². The van der Waals surface area contributed by atoms with Gasteiger partial charge in [-0.2, -0.15) is 0 Å². The van der Waals surface area contributed by atoms with E-state index in [1.807, 2.05) is 24.3 Å². The van der Waals surface area contributed by atoms with Crippen LogP contribution in [0.25, 0.3) is 5.69 Å². The minimum Gasteiger partial charge on any atom is -0.313 e. The molecule has 2 N–H and O–H groups in total. The van der Waals surface area contributed by atoms with Gasteiger partial charge in [0, 0.05) is 17.3 Å². The summed E-state index contributed by atoms with van der Waals surface area (Å²) in [4.78, 5) is 12.9. The van der Waals surface area contributed by atoms with Gasteiger partial charge in [-0.3, -0.25) is 9.89 Å². The molecule has 1 aromatic heterocycles. The van der Waals surface area contributed by atoms with Crippen LogP contribution in [-0.4, -0.2) is 22.4 Å². The van der Waals surface area contributed by atoms with E-state index in [9.17, 15) is 4.79 Å². The van der Waals surface area contributed by atoms with Crippen molar-refractivity contribution in [2.45, 2.75) is 31.7 Å². The van der Waals surface area contributed by atoms with Gasteiger partial charge in [-0.15, -0.1) is 0 Å². The molecule has 1 unspecified atom stereocenters. The second-order valence-electron chi connectivity index (χ2n) is 6.79. The maximum atomic E-state index is 12.9. The maximum absolute atomic E-state index is 12.9. The molecule has 2 aromatic carbocycles. The van der Waals surface area contributed by atoms with Crippen molar-refractivity contribution in [3.8, 4) is 5.69 Å². The Morgan fingerprint density at radius 1 is 1.12 bits per heavy atom. The van der Waals surface area contributed by atoms with Gasteiger partial charge in [-0.05, 0) is 49.9 Å². The van der Waals surface area contributed by atoms with Crippen LogP contribution in [0.15, 0.2) is 59.4 Å². The van der Waals surface area contributed by atoms with Gasteiger partial charge in [0.25, 0.3) is 5.56 Å². The van der Waals surface area contributed by atoms with Crippen LogP contribution in [0, 0.1) is 0 Å². The van der Waals surface area contributed by atoms with E-state index in [0.29, 0.717) is 16.8 Å². The van der Waals surface area contributed by atoms with Crippen LogP contribution in [0.1, 0.15) is 23.2 Å². The molecular weight excluding hydrogens is 346 g/mol. The Hall–Kier alpha value is -2.30. The molecule has 134 valence electrons. The summed E-state index contributed by atoms with van der Waals surface area (Å²) in [5, 5.41) is 7.44. The molecule has 0 saturated carbocycles. The van der Waals surface area contributed by atoms with Crippen LogP contribution in [0.3, 0.4) is 0 Å². The van der Waals surface area contributed by atoms with E-state index in [4.69, 9.17) is 11.6 Å². The summed E-state index contributed by atoms with van der Waals surface area (Å²) in [5.41, 5.74) is 3.98. The molecule has 0 saturated heterocycles. The van der Waals surface area contributed by atoms with Crippen molar-refractivity contribution in [3.05, 3.63) is 86.8 Å². The van der Waals surface area contributed by atoms with Crippen molar-refractivity contribution in [2.75, 3.05) is 6.54 Å². The number of nitrogens with one attached hydrogen (secondary N) is 2. The van der Waals surface area contributed by atoms with Crippen LogP contribution >= 0.6 is 11.6 Å². The van der Waals surface area contributed by atoms with Crippen LogP contribution < -0.4 is 10.9 Å². The molecule has 26 heavy (non-hydrogen) atoms. The highest BCUT2D eigenvalue weighted by Crippen LogP contribution is 2.22. The van der Waals surface area contributed by atoms with Crippen LogP contribution in [0.2, 0.25) is 5.02 Å². The molecule has 3 aromatic rings. The van der Waals surface area contributed by atoms with Crippen molar-refractivity contribution < 1.29 is 0 Å². The van der Waals surface area contributed by atoms with Gasteiger partial charge in [0.1, 0.15) is 0 Å². The average molecular weight is 368 g/mol. The zero-order valence-electron chi connectivity index (χ0n) is 14.5. The SMILES string of the molecule is O=c1c2c([nH]n1-c1ccccc1Cl)CCC(NCCc1ccccc1)C2. The predicted molar refractivity (Wildman–Crippen MR) is 105 cm³/mol. The van der Waals surface area contributed by atoms with Crippen molar-refractivity contribution in [3.63, 3.8) is 0 Å². The first-order valence-electron chi connectivity index (χ1n) is 9.07. The summed E-state index contributed by atoms with van der Waals surface area (Å²) in [6, 6.07) is 18.2. The summed E-state index contributed by atoms with van der Waals surface area (Å²) in [6.45, 7) is 0.924. The van der Waals surface area contributed by atoms with Crippen LogP contribution in [0.4, 0.5) is 0 Å². The first-order chi connectivity index (χ1) is 12.7. The Balaban J connectivity index is 1.46. The maximum Gasteiger partial charge on any atom is 0.274 e. The van der Waals surface area contributed by atoms with Gasteiger partial charge in [-0.1, -0.05) is 54.1 Å². The minimum absolute atomic E-state index is 0.0164. The molecule has 4 nitrogen and oxygen atoms in total. The first kappa shape index (κ1) is 17.1. The summed E-state index contributed by atoms with van der Waals surface area (Å²) in [5.74, 6) is 0. The van der Waals surface area contributed by atoms with Crippen LogP contribution in [-0.2, 0) is 19.3 Å². The molecule has 0 spiro atoms. The molecule has 0 radical (unpaired) electrons. The monoisotopic (exact) mass is 367 g/mol. The third kappa shape index (κ3) is 3.48. The Morgan fingerprint density at radius 2 is 1.88 bits per heavy atom. The van der Waals surface area contributed by atoms with Gasteiger partial charge in [0.2, 0.25) is 0 Å². The Kier molecular flexibility index (Phi) is 4.96. The molecule has 4 rings (SSSR count). The molecule has 0 bridgehead atoms. The molecule has 1 aliphatic carbocycles. The summed E-state index contributed by atoms with van der Waals surface area (Å²) in [7, 11) is 0. The first-order valence-corrected chi connectivity index (χ1v) is 9.45. The predicted octanol–water partition coefficient (Wildman–Crippen LogP) is 3.51. The van der Waals surface area contributed by atoms with Gasteiger partial charge in [-0.25, -0.2) is 4.68 Å². The van der Waals surface area contributed by atoms with Crippen molar-refractivity contribution in [1.29, 1.82) is 0 Å². The minimum atomic E-state index is 0.0164. The second kappa shape index (κ2) is 7.52. The molecule has 1 atom stereocenters. The third-order valence-electron chi connectivity index (χ3n) is 5.05. The highest BCUT2D eigenvalue weighted by atomic mass is 35.5. The number of para-hydroxylation sites is 1. The molecule has 0 amide bonds. The number of aryl methyl sites for hydroxylation is 1. The van der Waals surface area contributed by atoms with E-state index >= 15 is 0 Å². The van der Waals surface area contributed by atoms with E-state index in [1.165, 1.54) is 5.56 Å². The number of hydrogen-bond donors (Lipinski definition) is 2. The number of aromatic nitrogens is 2. The van der Waals surface area contributed by atoms with Gasteiger partial charge in [0.15, 0.2) is 0 Å². The van der Waals surface area contributed by atoms with Gasteiger partial charge in [0.05, 0.1) is 10.7 Å². The van der Waals surface area contributed by atoms with E-state index in [1.54, 1.807) is 10.7 Å². The summed E-state index contributed by atoms with van der Waals surface area (Å²) >= 11 is 6.26. The Morgan fingerprint density at radius 3 is 2.69 bits per heavy atom. The number of rotatable bonds is 5. The standard InChI is InChI=1S/C21H22ClN3O/c22-18-8-4-5-9-20(18)25-21(26)17-14-16(10-11-19(17)24-25)23-13-12-15-6-2-1-3-7-15/h1-9,16,23-24H,10-14H2. The number of H-pyrrole nitrogens is 1. The second-order valence-corrected chi connectivity index (χ2v) is 7.20. The van der Waals surface area contributed by atoms with Crippen molar-refractivity contribution in [2.24, 2.45) is 0 Å². The van der Waals surface area contributed by atoms with E-state index in [-0.39, 0.29) is 5.56 Å². The smallest absolute Gasteiger partial charge is 0.274 e. The lowest BCUT2D eigenvalue weighted by Gasteiger charge is -2.22. The largest absolute Gasteiger partial charge is 0.313 e. The number of fused-ring (bicyclic) bond motifs is 1. The van der Waals surface area contributed by atoms with Gasteiger partial charge >= 0.3 is 0 Å². The fraction of sp³-hybridized carbons (Fsp3) is 0.286. The number of aromatic amines is 1. The zero-order chi connectivity index (χ0) is 17.9. The summed E-state index contributed by atoms with van der Waals surface area (Å²) in [6.07, 6.45) is 3.67. The fourth-order valence-corrected chi connectivity index (χ4v) is 3.86.